The average molecular weight is 262 g/mol. The molecule has 106 valence electrons. The van der Waals surface area contributed by atoms with Crippen molar-refractivity contribution in [1.82, 2.24) is 15.2 Å². The van der Waals surface area contributed by atoms with E-state index in [1.54, 1.807) is 0 Å². The molecule has 1 aromatic rings. The number of hydrogen-bond acceptors (Lipinski definition) is 3. The van der Waals surface area contributed by atoms with Gasteiger partial charge in [0, 0.05) is 24.7 Å². The summed E-state index contributed by atoms with van der Waals surface area (Å²) in [6, 6.07) is 2.96. The first-order valence-corrected chi connectivity index (χ1v) is 7.67. The van der Waals surface area contributed by atoms with E-state index in [4.69, 9.17) is 5.84 Å². The molecule has 2 saturated carbocycles. The first-order valence-electron chi connectivity index (χ1n) is 7.67. The number of aromatic nitrogens is 2. The van der Waals surface area contributed by atoms with Gasteiger partial charge in [-0.3, -0.25) is 16.0 Å². The Bertz CT molecular complexity index is 426. The second-order valence-corrected chi connectivity index (χ2v) is 6.70. The maximum Gasteiger partial charge on any atom is 0.0640 e. The summed E-state index contributed by atoms with van der Waals surface area (Å²) < 4.78 is 2.03. The van der Waals surface area contributed by atoms with Crippen molar-refractivity contribution in [2.45, 2.75) is 58.0 Å². The summed E-state index contributed by atoms with van der Waals surface area (Å²) in [7, 11) is 0. The summed E-state index contributed by atoms with van der Waals surface area (Å²) in [6.07, 6.45) is 8.70. The number of nitrogens with two attached hydrogens (primary N) is 1. The number of hydrogen-bond donors (Lipinski definition) is 2. The fraction of sp³-hybridized carbons (Fsp3) is 0.800. The van der Waals surface area contributed by atoms with Gasteiger partial charge in [0.2, 0.25) is 0 Å². The Labute approximate surface area is 115 Å². The minimum absolute atomic E-state index is 0.394. The van der Waals surface area contributed by atoms with Gasteiger partial charge in [-0.25, -0.2) is 0 Å². The summed E-state index contributed by atoms with van der Waals surface area (Å²) >= 11 is 0. The SMILES string of the molecule is CC(C)n1ccc(CC(NN)C2CC3CCC2C3)n1. The molecular formula is C15H26N4. The second-order valence-electron chi connectivity index (χ2n) is 6.70. The van der Waals surface area contributed by atoms with Crippen LogP contribution in [0, 0.1) is 17.8 Å². The van der Waals surface area contributed by atoms with E-state index in [0.29, 0.717) is 12.1 Å². The smallest absolute Gasteiger partial charge is 0.0640 e. The lowest BCUT2D eigenvalue weighted by atomic mass is 9.82. The molecular weight excluding hydrogens is 236 g/mol. The third-order valence-electron chi connectivity index (χ3n) is 5.15. The molecule has 0 aromatic carbocycles. The topological polar surface area (TPSA) is 55.9 Å². The van der Waals surface area contributed by atoms with E-state index in [0.717, 1.165) is 24.2 Å². The van der Waals surface area contributed by atoms with Crippen LogP contribution in [0.15, 0.2) is 12.3 Å². The molecule has 4 unspecified atom stereocenters. The predicted octanol–water partition coefficient (Wildman–Crippen LogP) is 2.27. The molecule has 19 heavy (non-hydrogen) atoms. The van der Waals surface area contributed by atoms with E-state index in [2.05, 4.69) is 36.6 Å². The van der Waals surface area contributed by atoms with Gasteiger partial charge >= 0.3 is 0 Å². The Kier molecular flexibility index (Phi) is 3.63. The van der Waals surface area contributed by atoms with Crippen LogP contribution < -0.4 is 11.3 Å². The molecule has 0 aliphatic heterocycles. The van der Waals surface area contributed by atoms with E-state index >= 15 is 0 Å². The van der Waals surface area contributed by atoms with Crippen molar-refractivity contribution in [3.63, 3.8) is 0 Å². The Hall–Kier alpha value is -0.870. The van der Waals surface area contributed by atoms with Gasteiger partial charge in [-0.05, 0) is 56.9 Å². The van der Waals surface area contributed by atoms with Crippen LogP contribution in [0.2, 0.25) is 0 Å². The molecule has 4 atom stereocenters. The lowest BCUT2D eigenvalue weighted by Gasteiger charge is -2.29. The molecule has 2 aliphatic rings. The molecule has 2 aliphatic carbocycles. The molecule has 0 saturated heterocycles. The van der Waals surface area contributed by atoms with Crippen LogP contribution >= 0.6 is 0 Å². The minimum Gasteiger partial charge on any atom is -0.271 e. The van der Waals surface area contributed by atoms with Crippen molar-refractivity contribution in [2.75, 3.05) is 0 Å². The zero-order valence-corrected chi connectivity index (χ0v) is 12.0. The van der Waals surface area contributed by atoms with Crippen LogP contribution in [0.25, 0.3) is 0 Å². The molecule has 3 rings (SSSR count). The fourth-order valence-electron chi connectivity index (χ4n) is 4.12. The first-order chi connectivity index (χ1) is 9.17. The first kappa shape index (κ1) is 13.1. The largest absolute Gasteiger partial charge is 0.271 e. The van der Waals surface area contributed by atoms with Crippen LogP contribution in [0.1, 0.15) is 51.3 Å². The monoisotopic (exact) mass is 262 g/mol. The van der Waals surface area contributed by atoms with Gasteiger partial charge in [0.15, 0.2) is 0 Å². The molecule has 0 amide bonds. The molecule has 0 spiro atoms. The van der Waals surface area contributed by atoms with Crippen molar-refractivity contribution in [1.29, 1.82) is 0 Å². The van der Waals surface area contributed by atoms with Crippen molar-refractivity contribution in [2.24, 2.45) is 23.6 Å². The molecule has 1 aromatic heterocycles. The molecule has 0 radical (unpaired) electrons. The molecule has 3 N–H and O–H groups in total. The minimum atomic E-state index is 0.394. The molecule has 4 nitrogen and oxygen atoms in total. The van der Waals surface area contributed by atoms with Crippen molar-refractivity contribution < 1.29 is 0 Å². The van der Waals surface area contributed by atoms with Crippen LogP contribution in [0.4, 0.5) is 0 Å². The van der Waals surface area contributed by atoms with E-state index in [9.17, 15) is 0 Å². The Morgan fingerprint density at radius 2 is 2.26 bits per heavy atom. The molecule has 2 fully saturated rings. The Balaban J connectivity index is 1.66. The van der Waals surface area contributed by atoms with Crippen LogP contribution in [0.3, 0.4) is 0 Å². The highest BCUT2D eigenvalue weighted by Crippen LogP contribution is 2.49. The summed E-state index contributed by atoms with van der Waals surface area (Å²) in [6.45, 7) is 4.32. The van der Waals surface area contributed by atoms with E-state index < -0.39 is 0 Å². The molecule has 4 heteroatoms. The highest BCUT2D eigenvalue weighted by Gasteiger charge is 2.42. The maximum absolute atomic E-state index is 5.81. The van der Waals surface area contributed by atoms with Crippen LogP contribution in [-0.4, -0.2) is 15.8 Å². The van der Waals surface area contributed by atoms with Gasteiger partial charge in [-0.2, -0.15) is 5.10 Å². The van der Waals surface area contributed by atoms with Crippen molar-refractivity contribution in [3.05, 3.63) is 18.0 Å². The summed E-state index contributed by atoms with van der Waals surface area (Å²) in [5.41, 5.74) is 4.23. The van der Waals surface area contributed by atoms with Gasteiger partial charge in [0.05, 0.1) is 5.69 Å². The predicted molar refractivity (Wildman–Crippen MR) is 76.4 cm³/mol. The molecule has 1 heterocycles. The zero-order chi connectivity index (χ0) is 13.4. The highest BCUT2D eigenvalue weighted by atomic mass is 15.3. The Morgan fingerprint density at radius 1 is 1.42 bits per heavy atom. The lowest BCUT2D eigenvalue weighted by molar-refractivity contribution is 0.246. The number of nitrogens with zero attached hydrogens (tertiary/aromatic N) is 2. The third-order valence-corrected chi connectivity index (χ3v) is 5.15. The lowest BCUT2D eigenvalue weighted by Crippen LogP contribution is -2.44. The van der Waals surface area contributed by atoms with Crippen LogP contribution in [-0.2, 0) is 6.42 Å². The van der Waals surface area contributed by atoms with E-state index in [1.807, 2.05) is 4.68 Å². The number of nitrogens with one attached hydrogen (secondary N) is 1. The number of hydrazine groups is 1. The standard InChI is InChI=1S/C15H26N4/c1-10(2)19-6-5-13(18-19)9-15(17-16)14-8-11-3-4-12(14)7-11/h5-6,10-12,14-15,17H,3-4,7-9,16H2,1-2H3. The van der Waals surface area contributed by atoms with Crippen LogP contribution in [0.5, 0.6) is 0 Å². The van der Waals surface area contributed by atoms with Gasteiger partial charge in [-0.15, -0.1) is 0 Å². The van der Waals surface area contributed by atoms with Gasteiger partial charge < -0.3 is 0 Å². The third kappa shape index (κ3) is 2.56. The van der Waals surface area contributed by atoms with Gasteiger partial charge in [0.25, 0.3) is 0 Å². The van der Waals surface area contributed by atoms with Gasteiger partial charge in [-0.1, -0.05) is 6.42 Å². The normalized spacial score (nSPS) is 31.3. The van der Waals surface area contributed by atoms with Crippen molar-refractivity contribution >= 4 is 0 Å². The van der Waals surface area contributed by atoms with Gasteiger partial charge in [0.1, 0.15) is 0 Å². The number of fused-ring (bicyclic) bond motifs is 2. The van der Waals surface area contributed by atoms with Crippen molar-refractivity contribution in [3.8, 4) is 0 Å². The maximum atomic E-state index is 5.81. The number of rotatable bonds is 5. The zero-order valence-electron chi connectivity index (χ0n) is 12.0. The van der Waals surface area contributed by atoms with E-state index in [-0.39, 0.29) is 0 Å². The quantitative estimate of drug-likeness (QED) is 0.632. The highest BCUT2D eigenvalue weighted by molar-refractivity contribution is 5.05. The second kappa shape index (κ2) is 5.25. The summed E-state index contributed by atoms with van der Waals surface area (Å²) in [5, 5.41) is 4.65. The molecule has 2 bridgehead atoms. The average Bonchev–Trinajstić information content (AvgIpc) is 3.11. The summed E-state index contributed by atoms with van der Waals surface area (Å²) in [4.78, 5) is 0. The Morgan fingerprint density at radius 3 is 2.79 bits per heavy atom. The fourth-order valence-corrected chi connectivity index (χ4v) is 4.12. The summed E-state index contributed by atoms with van der Waals surface area (Å²) in [5.74, 6) is 8.44. The van der Waals surface area contributed by atoms with E-state index in [1.165, 1.54) is 31.4 Å².